The number of hydrogen-bond donors (Lipinski definition) is 1. The molecule has 1 aromatic carbocycles. The summed E-state index contributed by atoms with van der Waals surface area (Å²) in [6, 6.07) is 7.55. The number of benzene rings is 1. The van der Waals surface area contributed by atoms with Gasteiger partial charge < -0.3 is 10.1 Å². The van der Waals surface area contributed by atoms with Crippen LogP contribution >= 0.6 is 0 Å². The maximum atomic E-state index is 12.8. The number of hydrogen-bond acceptors (Lipinski definition) is 4. The van der Waals surface area contributed by atoms with Gasteiger partial charge in [0.05, 0.1) is 12.8 Å². The Morgan fingerprint density at radius 3 is 3.10 bits per heavy atom. The number of rotatable bonds is 2. The fraction of sp³-hybridized carbons (Fsp3) is 0.333. The van der Waals surface area contributed by atoms with E-state index in [0.717, 1.165) is 30.2 Å². The largest absolute Gasteiger partial charge is 0.497 e. The van der Waals surface area contributed by atoms with E-state index in [1.807, 2.05) is 29.2 Å². The van der Waals surface area contributed by atoms with Crippen LogP contribution in [0.2, 0.25) is 0 Å². The summed E-state index contributed by atoms with van der Waals surface area (Å²) < 4.78 is 6.93. The van der Waals surface area contributed by atoms with Gasteiger partial charge in [-0.3, -0.25) is 9.47 Å². The average molecular weight is 284 g/mol. The Morgan fingerprint density at radius 1 is 1.43 bits per heavy atom. The van der Waals surface area contributed by atoms with Crippen LogP contribution in [-0.4, -0.2) is 35.8 Å². The van der Waals surface area contributed by atoms with Gasteiger partial charge in [0, 0.05) is 25.0 Å². The van der Waals surface area contributed by atoms with Crippen LogP contribution in [0.15, 0.2) is 36.7 Å². The number of ether oxygens (including phenoxy) is 1. The Balaban J connectivity index is 1.87. The number of aromatic nitrogens is 2. The van der Waals surface area contributed by atoms with Crippen molar-refractivity contribution in [3.63, 3.8) is 0 Å². The number of amides is 1. The van der Waals surface area contributed by atoms with Crippen LogP contribution in [0.3, 0.4) is 0 Å². The minimum atomic E-state index is -0.396. The van der Waals surface area contributed by atoms with Crippen LogP contribution in [0.1, 0.15) is 12.2 Å². The fourth-order valence-electron chi connectivity index (χ4n) is 3.36. The van der Waals surface area contributed by atoms with Crippen LogP contribution in [0.4, 0.5) is 10.5 Å². The number of nitrogens with one attached hydrogen (secondary N) is 1. The van der Waals surface area contributed by atoms with Crippen molar-refractivity contribution in [2.24, 2.45) is 0 Å². The van der Waals surface area contributed by atoms with Crippen molar-refractivity contribution >= 4 is 11.7 Å². The van der Waals surface area contributed by atoms with Crippen molar-refractivity contribution in [1.29, 1.82) is 0 Å². The topological polar surface area (TPSA) is 59.4 Å². The standard InChI is InChI=1S/C15H16N4O2/c1-21-12-4-2-3-11(9-12)19-14(20)18-8-7-17-13(18)15(19)5-6-16-10-15/h2-4,7-9,16H,5-6,10H2,1H3/t15-/m1/s1. The molecule has 2 aliphatic rings. The first kappa shape index (κ1) is 12.4. The molecule has 4 rings (SSSR count). The maximum Gasteiger partial charge on any atom is 0.335 e. The predicted octanol–water partition coefficient (Wildman–Crippen LogP) is 1.57. The molecule has 1 amide bonds. The van der Waals surface area contributed by atoms with E-state index in [2.05, 4.69) is 10.3 Å². The van der Waals surface area contributed by atoms with Gasteiger partial charge in [-0.1, -0.05) is 6.07 Å². The molecule has 3 heterocycles. The van der Waals surface area contributed by atoms with Gasteiger partial charge in [0.1, 0.15) is 17.1 Å². The third-order valence-electron chi connectivity index (χ3n) is 4.33. The van der Waals surface area contributed by atoms with Crippen molar-refractivity contribution in [2.75, 3.05) is 25.1 Å². The van der Waals surface area contributed by atoms with Gasteiger partial charge in [-0.2, -0.15) is 0 Å². The maximum absolute atomic E-state index is 12.8. The minimum Gasteiger partial charge on any atom is -0.497 e. The molecular formula is C15H16N4O2. The molecular weight excluding hydrogens is 268 g/mol. The van der Waals surface area contributed by atoms with Gasteiger partial charge in [-0.15, -0.1) is 0 Å². The summed E-state index contributed by atoms with van der Waals surface area (Å²) in [7, 11) is 1.63. The van der Waals surface area contributed by atoms with Gasteiger partial charge in [-0.05, 0) is 25.1 Å². The summed E-state index contributed by atoms with van der Waals surface area (Å²) in [5, 5.41) is 3.36. The van der Waals surface area contributed by atoms with E-state index in [1.54, 1.807) is 24.1 Å². The molecule has 6 nitrogen and oxygen atoms in total. The summed E-state index contributed by atoms with van der Waals surface area (Å²) in [6.45, 7) is 1.59. The molecule has 1 aromatic heterocycles. The summed E-state index contributed by atoms with van der Waals surface area (Å²) in [6.07, 6.45) is 4.28. The second kappa shape index (κ2) is 4.33. The molecule has 1 spiro atoms. The van der Waals surface area contributed by atoms with Crippen LogP contribution in [0, 0.1) is 0 Å². The van der Waals surface area contributed by atoms with Gasteiger partial charge in [0.25, 0.3) is 0 Å². The molecule has 2 aromatic rings. The van der Waals surface area contributed by atoms with E-state index in [1.165, 1.54) is 0 Å². The molecule has 0 bridgehead atoms. The lowest BCUT2D eigenvalue weighted by Crippen LogP contribution is -2.46. The van der Waals surface area contributed by atoms with Crippen molar-refractivity contribution in [2.45, 2.75) is 12.0 Å². The van der Waals surface area contributed by atoms with Crippen molar-refractivity contribution in [3.05, 3.63) is 42.5 Å². The molecule has 21 heavy (non-hydrogen) atoms. The first-order chi connectivity index (χ1) is 10.3. The number of imidazole rings is 1. The smallest absolute Gasteiger partial charge is 0.335 e. The Morgan fingerprint density at radius 2 is 2.33 bits per heavy atom. The third kappa shape index (κ3) is 1.56. The van der Waals surface area contributed by atoms with Crippen LogP contribution < -0.4 is 15.0 Å². The highest BCUT2D eigenvalue weighted by Gasteiger charge is 2.53. The summed E-state index contributed by atoms with van der Waals surface area (Å²) in [4.78, 5) is 19.1. The second-order valence-electron chi connectivity index (χ2n) is 5.40. The van der Waals surface area contributed by atoms with Gasteiger partial charge in [0.2, 0.25) is 0 Å². The molecule has 108 valence electrons. The quantitative estimate of drug-likeness (QED) is 0.909. The number of carbonyl (C=O) groups is 1. The summed E-state index contributed by atoms with van der Waals surface area (Å²) in [5.74, 6) is 1.56. The van der Waals surface area contributed by atoms with E-state index in [0.29, 0.717) is 6.54 Å². The first-order valence-corrected chi connectivity index (χ1v) is 6.99. The number of anilines is 1. The number of fused-ring (bicyclic) bond motifs is 2. The highest BCUT2D eigenvalue weighted by atomic mass is 16.5. The number of nitrogens with zero attached hydrogens (tertiary/aromatic N) is 3. The fourth-order valence-corrected chi connectivity index (χ4v) is 3.36. The molecule has 0 unspecified atom stereocenters. The van der Waals surface area contributed by atoms with Gasteiger partial charge >= 0.3 is 6.03 Å². The van der Waals surface area contributed by atoms with E-state index in [4.69, 9.17) is 4.74 Å². The highest BCUT2D eigenvalue weighted by molar-refractivity contribution is 5.99. The molecule has 1 saturated heterocycles. The van der Waals surface area contributed by atoms with Crippen molar-refractivity contribution < 1.29 is 9.53 Å². The molecule has 0 aliphatic carbocycles. The Bertz CT molecular complexity index is 703. The SMILES string of the molecule is COc1cccc(N2C(=O)n3ccnc3[C@]23CCNC3)c1. The molecule has 1 atom stereocenters. The normalized spacial score (nSPS) is 23.9. The molecule has 6 heteroatoms. The first-order valence-electron chi connectivity index (χ1n) is 6.99. The monoisotopic (exact) mass is 284 g/mol. The lowest BCUT2D eigenvalue weighted by molar-refractivity contribution is 0.248. The molecule has 0 saturated carbocycles. The van der Waals surface area contributed by atoms with Crippen molar-refractivity contribution in [3.8, 4) is 5.75 Å². The Hall–Kier alpha value is -2.34. The number of methoxy groups -OCH3 is 1. The van der Waals surface area contributed by atoms with Crippen LogP contribution in [0.25, 0.3) is 0 Å². The third-order valence-corrected chi connectivity index (χ3v) is 4.33. The minimum absolute atomic E-state index is 0.0561. The zero-order chi connectivity index (χ0) is 14.4. The van der Waals surface area contributed by atoms with E-state index in [-0.39, 0.29) is 6.03 Å². The molecule has 2 aliphatic heterocycles. The second-order valence-corrected chi connectivity index (χ2v) is 5.40. The average Bonchev–Trinajstić information content (AvgIpc) is 3.20. The lowest BCUT2D eigenvalue weighted by Gasteiger charge is -2.32. The van der Waals surface area contributed by atoms with E-state index >= 15 is 0 Å². The van der Waals surface area contributed by atoms with Crippen LogP contribution in [-0.2, 0) is 5.54 Å². The van der Waals surface area contributed by atoms with E-state index < -0.39 is 5.54 Å². The van der Waals surface area contributed by atoms with Gasteiger partial charge in [0.15, 0.2) is 0 Å². The van der Waals surface area contributed by atoms with Crippen molar-refractivity contribution in [1.82, 2.24) is 14.9 Å². The molecule has 0 radical (unpaired) electrons. The Labute approximate surface area is 122 Å². The molecule has 1 fully saturated rings. The van der Waals surface area contributed by atoms with E-state index in [9.17, 15) is 4.79 Å². The summed E-state index contributed by atoms with van der Waals surface area (Å²) >= 11 is 0. The number of carbonyl (C=O) groups excluding carboxylic acids is 1. The van der Waals surface area contributed by atoms with Crippen LogP contribution in [0.5, 0.6) is 5.75 Å². The Kier molecular flexibility index (Phi) is 2.56. The summed E-state index contributed by atoms with van der Waals surface area (Å²) in [5.41, 5.74) is 0.445. The molecule has 1 N–H and O–H groups in total. The predicted molar refractivity (Wildman–Crippen MR) is 77.7 cm³/mol. The van der Waals surface area contributed by atoms with Gasteiger partial charge in [-0.25, -0.2) is 9.78 Å². The lowest BCUT2D eigenvalue weighted by atomic mass is 9.96. The zero-order valence-electron chi connectivity index (χ0n) is 11.7. The zero-order valence-corrected chi connectivity index (χ0v) is 11.7. The highest BCUT2D eigenvalue weighted by Crippen LogP contribution is 2.42.